The summed E-state index contributed by atoms with van der Waals surface area (Å²) >= 11 is 0. The maximum absolute atomic E-state index is 11.5. The molecule has 0 bridgehead atoms. The third-order valence-corrected chi connectivity index (χ3v) is 2.32. The second-order valence-electron chi connectivity index (χ2n) is 4.87. The molecule has 1 unspecified atom stereocenters. The van der Waals surface area contributed by atoms with Crippen LogP contribution in [0.25, 0.3) is 0 Å². The van der Waals surface area contributed by atoms with Crippen molar-refractivity contribution in [1.82, 2.24) is 5.32 Å². The van der Waals surface area contributed by atoms with Gasteiger partial charge in [-0.25, -0.2) is 9.59 Å². The van der Waals surface area contributed by atoms with E-state index in [1.165, 1.54) is 13.8 Å². The molecule has 2 amide bonds. The number of amides is 2. The summed E-state index contributed by atoms with van der Waals surface area (Å²) < 4.78 is 17.4. The fraction of sp³-hybridized carbons (Fsp3) is 0.833. The highest BCUT2D eigenvalue weighted by Gasteiger charge is 2.27. The number of alkyl carbamates (subject to hydrolysis) is 1. The number of carbonyl (C=O) groups is 2. The number of hydrogen-bond acceptors (Lipinski definition) is 4. The predicted molar refractivity (Wildman–Crippen MR) is 68.2 cm³/mol. The summed E-state index contributed by atoms with van der Waals surface area (Å²) in [4.78, 5) is 22.1. The first-order chi connectivity index (χ1) is 8.58. The van der Waals surface area contributed by atoms with Gasteiger partial charge < -0.3 is 20.5 Å². The molecule has 6 heteroatoms. The fourth-order valence-corrected chi connectivity index (χ4v) is 1.51. The van der Waals surface area contributed by atoms with Crippen molar-refractivity contribution >= 4 is 12.2 Å². The summed E-state index contributed by atoms with van der Waals surface area (Å²) in [5.74, 6) is 0. The van der Waals surface area contributed by atoms with E-state index in [1.54, 1.807) is 0 Å². The lowest BCUT2D eigenvalue weighted by molar-refractivity contribution is 0.0333. The molecule has 0 aliphatic heterocycles. The highest BCUT2D eigenvalue weighted by atomic mass is 16.6. The third kappa shape index (κ3) is 7.76. The van der Waals surface area contributed by atoms with Gasteiger partial charge in [0, 0.05) is 11.4 Å². The molecule has 0 rings (SSSR count). The fourth-order valence-electron chi connectivity index (χ4n) is 1.51. The van der Waals surface area contributed by atoms with Crippen molar-refractivity contribution in [3.63, 3.8) is 0 Å². The Kier molecular flexibility index (Phi) is 6.32. The van der Waals surface area contributed by atoms with Gasteiger partial charge in [-0.15, -0.1) is 0 Å². The van der Waals surface area contributed by atoms with Gasteiger partial charge in [0.1, 0.15) is 13.2 Å². The largest absolute Gasteiger partial charge is 0.449 e. The number of carbonyl (C=O) groups excluding carboxylic acids is 2. The van der Waals surface area contributed by atoms with Gasteiger partial charge in [-0.2, -0.15) is 0 Å². The van der Waals surface area contributed by atoms with Gasteiger partial charge >= 0.3 is 12.2 Å². The molecule has 0 aromatic carbocycles. The molecular formula is C12H24N2O4. The van der Waals surface area contributed by atoms with Crippen LogP contribution < -0.4 is 11.1 Å². The zero-order valence-electron chi connectivity index (χ0n) is 12.5. The van der Waals surface area contributed by atoms with Crippen molar-refractivity contribution in [1.29, 1.82) is 0 Å². The average Bonchev–Trinajstić information content (AvgIpc) is 2.22. The van der Waals surface area contributed by atoms with Crippen molar-refractivity contribution in [3.05, 3.63) is 0 Å². The summed E-state index contributed by atoms with van der Waals surface area (Å²) in [5, 5.41) is 2.37. The molecule has 0 saturated heterocycles. The van der Waals surface area contributed by atoms with Gasteiger partial charge in [-0.05, 0) is 20.3 Å². The first kappa shape index (κ1) is 14.6. The summed E-state index contributed by atoms with van der Waals surface area (Å²) in [5.41, 5.74) is 4.45. The Labute approximate surface area is 110 Å². The van der Waals surface area contributed by atoms with E-state index in [0.717, 1.165) is 12.8 Å². The van der Waals surface area contributed by atoms with Crippen molar-refractivity contribution in [2.24, 2.45) is 11.1 Å². The summed E-state index contributed by atoms with van der Waals surface area (Å²) in [6, 6.07) is -1.10. The number of primary amides is 1. The highest BCUT2D eigenvalue weighted by molar-refractivity contribution is 5.67. The molecule has 0 aliphatic rings. The van der Waals surface area contributed by atoms with Crippen LogP contribution in [0.5, 0.6) is 0 Å². The minimum atomic E-state index is -1.10. The molecule has 0 fully saturated rings. The standard InChI is InChI=1S/C12H24N2O4/c1-5-6-12(4,7-17-10(13)15)8-18-11(16)14-9(2)3/h9H,5-8H2,1-4H3,(H2,13,15)(H,14,16)/i9D. The minimum Gasteiger partial charge on any atom is -0.449 e. The van der Waals surface area contributed by atoms with Gasteiger partial charge in [0.2, 0.25) is 0 Å². The van der Waals surface area contributed by atoms with E-state index in [1.807, 2.05) is 13.8 Å². The van der Waals surface area contributed by atoms with Crippen LogP contribution in [0.2, 0.25) is 0 Å². The van der Waals surface area contributed by atoms with Crippen LogP contribution in [0.4, 0.5) is 9.59 Å². The Hall–Kier alpha value is -1.46. The summed E-state index contributed by atoms with van der Waals surface area (Å²) in [7, 11) is 0. The van der Waals surface area contributed by atoms with E-state index < -0.39 is 23.6 Å². The second-order valence-corrected chi connectivity index (χ2v) is 4.87. The Morgan fingerprint density at radius 1 is 1.39 bits per heavy atom. The van der Waals surface area contributed by atoms with E-state index in [4.69, 9.17) is 16.6 Å². The number of hydrogen-bond donors (Lipinski definition) is 2. The lowest BCUT2D eigenvalue weighted by Crippen LogP contribution is -2.37. The maximum atomic E-state index is 11.5. The van der Waals surface area contributed by atoms with Crippen LogP contribution in [-0.2, 0) is 9.47 Å². The van der Waals surface area contributed by atoms with Gasteiger partial charge in [0.05, 0.1) is 1.37 Å². The molecule has 6 nitrogen and oxygen atoms in total. The molecule has 1 atom stereocenters. The normalized spacial score (nSPS) is 15.2. The second kappa shape index (κ2) is 7.79. The summed E-state index contributed by atoms with van der Waals surface area (Å²) in [6.45, 7) is 7.09. The molecule has 18 heavy (non-hydrogen) atoms. The van der Waals surface area contributed by atoms with Crippen LogP contribution >= 0.6 is 0 Å². The van der Waals surface area contributed by atoms with E-state index in [0.29, 0.717) is 0 Å². The van der Waals surface area contributed by atoms with Crippen LogP contribution in [0.1, 0.15) is 41.9 Å². The Morgan fingerprint density at radius 3 is 2.39 bits per heavy atom. The van der Waals surface area contributed by atoms with Crippen molar-refractivity contribution in [2.75, 3.05) is 13.2 Å². The molecule has 106 valence electrons. The Bertz CT molecular complexity index is 317. The zero-order chi connectivity index (χ0) is 15.1. The van der Waals surface area contributed by atoms with E-state index in [9.17, 15) is 9.59 Å². The van der Waals surface area contributed by atoms with E-state index >= 15 is 0 Å². The first-order valence-electron chi connectivity index (χ1n) is 6.45. The van der Waals surface area contributed by atoms with Crippen LogP contribution in [0.3, 0.4) is 0 Å². The topological polar surface area (TPSA) is 90.7 Å². The number of ether oxygens (including phenoxy) is 2. The molecule has 3 N–H and O–H groups in total. The summed E-state index contributed by atoms with van der Waals surface area (Å²) in [6.07, 6.45) is 0.0613. The van der Waals surface area contributed by atoms with Gasteiger partial charge in [-0.3, -0.25) is 0 Å². The van der Waals surface area contributed by atoms with Crippen LogP contribution in [-0.4, -0.2) is 31.4 Å². The number of nitrogens with one attached hydrogen (secondary N) is 1. The lowest BCUT2D eigenvalue weighted by Gasteiger charge is -2.27. The molecular weight excluding hydrogens is 236 g/mol. The Morgan fingerprint density at radius 2 is 1.94 bits per heavy atom. The SMILES string of the molecule is [2H]C(C)(C)NC(=O)OCC(C)(CCC)COC(N)=O. The van der Waals surface area contributed by atoms with Crippen molar-refractivity contribution < 1.29 is 20.4 Å². The monoisotopic (exact) mass is 261 g/mol. The van der Waals surface area contributed by atoms with E-state index in [-0.39, 0.29) is 13.2 Å². The highest BCUT2D eigenvalue weighted by Crippen LogP contribution is 2.24. The molecule has 0 aromatic heterocycles. The molecule has 0 heterocycles. The van der Waals surface area contributed by atoms with Gasteiger partial charge in [0.15, 0.2) is 0 Å². The molecule has 0 saturated carbocycles. The van der Waals surface area contributed by atoms with Crippen LogP contribution in [0.15, 0.2) is 0 Å². The van der Waals surface area contributed by atoms with Gasteiger partial charge in [-0.1, -0.05) is 20.3 Å². The van der Waals surface area contributed by atoms with Crippen molar-refractivity contribution in [2.45, 2.75) is 46.6 Å². The third-order valence-electron chi connectivity index (χ3n) is 2.32. The molecule has 0 spiro atoms. The van der Waals surface area contributed by atoms with Crippen LogP contribution in [0, 0.1) is 5.41 Å². The van der Waals surface area contributed by atoms with Gasteiger partial charge in [0.25, 0.3) is 0 Å². The average molecular weight is 261 g/mol. The zero-order valence-corrected chi connectivity index (χ0v) is 11.5. The Balaban J connectivity index is 4.34. The van der Waals surface area contributed by atoms with E-state index in [2.05, 4.69) is 5.32 Å². The smallest absolute Gasteiger partial charge is 0.407 e. The first-order valence-corrected chi connectivity index (χ1v) is 5.95. The minimum absolute atomic E-state index is 0.0910. The number of rotatable bonds is 7. The van der Waals surface area contributed by atoms with Crippen molar-refractivity contribution in [3.8, 4) is 0 Å². The molecule has 0 aromatic rings. The lowest BCUT2D eigenvalue weighted by atomic mass is 9.87. The molecule has 0 aliphatic carbocycles. The predicted octanol–water partition coefficient (Wildman–Crippen LogP) is 2.02. The maximum Gasteiger partial charge on any atom is 0.407 e. The molecule has 0 radical (unpaired) electrons. The quantitative estimate of drug-likeness (QED) is 0.733. The number of nitrogens with two attached hydrogens (primary N) is 1.